The van der Waals surface area contributed by atoms with Crippen molar-refractivity contribution in [1.82, 2.24) is 5.32 Å². The van der Waals surface area contributed by atoms with Crippen LogP contribution in [0.1, 0.15) is 28.8 Å². The van der Waals surface area contributed by atoms with E-state index in [4.69, 9.17) is 4.74 Å². The molecule has 134 valence electrons. The van der Waals surface area contributed by atoms with Gasteiger partial charge in [0.05, 0.1) is 12.0 Å². The number of hydrogen-bond acceptors (Lipinski definition) is 4. The second kappa shape index (κ2) is 8.67. The number of aryl methyl sites for hydroxylation is 1. The van der Waals surface area contributed by atoms with Crippen LogP contribution in [0.5, 0.6) is 5.75 Å². The largest absolute Gasteiger partial charge is 0.496 e. The smallest absolute Gasteiger partial charge is 0.251 e. The van der Waals surface area contributed by atoms with Gasteiger partial charge in [-0.3, -0.25) is 4.79 Å². The summed E-state index contributed by atoms with van der Waals surface area (Å²) < 4.78 is 28.4. The molecule has 1 amide bonds. The summed E-state index contributed by atoms with van der Waals surface area (Å²) in [4.78, 5) is 12.3. The van der Waals surface area contributed by atoms with Gasteiger partial charge in [-0.25, -0.2) is 8.42 Å². The number of carbonyl (C=O) groups is 1. The molecule has 0 unspecified atom stereocenters. The molecule has 0 aromatic heterocycles. The van der Waals surface area contributed by atoms with Crippen LogP contribution in [0.15, 0.2) is 53.4 Å². The van der Waals surface area contributed by atoms with Gasteiger partial charge in [0, 0.05) is 18.4 Å². The fourth-order valence-electron chi connectivity index (χ4n) is 2.52. The van der Waals surface area contributed by atoms with E-state index in [-0.39, 0.29) is 10.8 Å². The summed E-state index contributed by atoms with van der Waals surface area (Å²) in [6.45, 7) is 0.539. The minimum atomic E-state index is -3.32. The number of benzene rings is 2. The molecule has 0 saturated heterocycles. The zero-order chi connectivity index (χ0) is 18.3. The predicted molar refractivity (Wildman–Crippen MR) is 97.8 cm³/mol. The lowest BCUT2D eigenvalue weighted by Crippen LogP contribution is -2.24. The molecule has 1 N–H and O–H groups in total. The maximum absolute atomic E-state index is 12.1. The Bertz CT molecular complexity index is 831. The Hall–Kier alpha value is -2.34. The molecule has 2 aromatic carbocycles. The van der Waals surface area contributed by atoms with Crippen LogP contribution in [0, 0.1) is 0 Å². The van der Waals surface area contributed by atoms with Gasteiger partial charge in [0.25, 0.3) is 5.91 Å². The van der Waals surface area contributed by atoms with Crippen molar-refractivity contribution >= 4 is 15.7 Å². The monoisotopic (exact) mass is 361 g/mol. The van der Waals surface area contributed by atoms with Crippen LogP contribution in [0.4, 0.5) is 0 Å². The van der Waals surface area contributed by atoms with E-state index in [1.165, 1.54) is 12.1 Å². The second-order valence-corrected chi connectivity index (χ2v) is 7.84. The molecule has 0 saturated carbocycles. The molecule has 0 atom stereocenters. The van der Waals surface area contributed by atoms with E-state index >= 15 is 0 Å². The second-order valence-electron chi connectivity index (χ2n) is 5.82. The summed E-state index contributed by atoms with van der Waals surface area (Å²) in [7, 11) is -1.66. The van der Waals surface area contributed by atoms with Crippen LogP contribution in [0.3, 0.4) is 0 Å². The molecule has 0 radical (unpaired) electrons. The summed E-state index contributed by atoms with van der Waals surface area (Å²) in [5.41, 5.74) is 1.50. The molecule has 2 aromatic rings. The molecule has 0 heterocycles. The molecule has 0 spiro atoms. The van der Waals surface area contributed by atoms with E-state index in [2.05, 4.69) is 5.32 Å². The summed E-state index contributed by atoms with van der Waals surface area (Å²) in [5, 5.41) is 2.83. The first-order valence-electron chi connectivity index (χ1n) is 8.12. The molecule has 0 aliphatic carbocycles. The quantitative estimate of drug-likeness (QED) is 0.734. The molecule has 0 fully saturated rings. The summed E-state index contributed by atoms with van der Waals surface area (Å²) in [6.07, 6.45) is 3.75. The van der Waals surface area contributed by atoms with Crippen molar-refractivity contribution in [3.63, 3.8) is 0 Å². The van der Waals surface area contributed by atoms with Crippen molar-refractivity contribution < 1.29 is 17.9 Å². The number of rotatable bonds is 8. The number of unbranched alkanes of at least 4 members (excludes halogenated alkanes) is 1. The highest BCUT2D eigenvalue weighted by Gasteiger charge is 2.11. The lowest BCUT2D eigenvalue weighted by molar-refractivity contribution is 0.0953. The minimum absolute atomic E-state index is 0.149. The summed E-state index contributed by atoms with van der Waals surface area (Å²) >= 11 is 0. The average molecular weight is 361 g/mol. The Balaban J connectivity index is 1.81. The van der Waals surface area contributed by atoms with E-state index in [0.29, 0.717) is 12.1 Å². The van der Waals surface area contributed by atoms with Gasteiger partial charge >= 0.3 is 0 Å². The normalized spacial score (nSPS) is 11.1. The van der Waals surface area contributed by atoms with Crippen molar-refractivity contribution in [3.8, 4) is 5.75 Å². The van der Waals surface area contributed by atoms with Gasteiger partial charge in [-0.15, -0.1) is 0 Å². The molecule has 2 rings (SSSR count). The third-order valence-electron chi connectivity index (χ3n) is 3.88. The first-order valence-corrected chi connectivity index (χ1v) is 10.0. The Morgan fingerprint density at radius 2 is 1.84 bits per heavy atom. The van der Waals surface area contributed by atoms with Crippen molar-refractivity contribution in [3.05, 3.63) is 59.7 Å². The molecular weight excluding hydrogens is 338 g/mol. The van der Waals surface area contributed by atoms with Crippen LogP contribution in [0.25, 0.3) is 0 Å². The molecule has 6 heteroatoms. The van der Waals surface area contributed by atoms with E-state index < -0.39 is 9.84 Å². The average Bonchev–Trinajstić information content (AvgIpc) is 2.61. The third kappa shape index (κ3) is 5.60. The van der Waals surface area contributed by atoms with Gasteiger partial charge in [0.2, 0.25) is 0 Å². The highest BCUT2D eigenvalue weighted by molar-refractivity contribution is 7.90. The van der Waals surface area contributed by atoms with Crippen LogP contribution >= 0.6 is 0 Å². The van der Waals surface area contributed by atoms with Crippen molar-refractivity contribution in [2.45, 2.75) is 24.2 Å². The van der Waals surface area contributed by atoms with Crippen molar-refractivity contribution in [1.29, 1.82) is 0 Å². The molecule has 0 bridgehead atoms. The Morgan fingerprint density at radius 1 is 1.08 bits per heavy atom. The number of carbonyl (C=O) groups excluding carboxylic acids is 1. The molecular formula is C19H23NO4S. The minimum Gasteiger partial charge on any atom is -0.496 e. The van der Waals surface area contributed by atoms with Gasteiger partial charge in [0.1, 0.15) is 5.75 Å². The van der Waals surface area contributed by atoms with Crippen molar-refractivity contribution in [2.75, 3.05) is 19.9 Å². The SMILES string of the molecule is COc1ccccc1CCCCNC(=O)c1cccc(S(C)(=O)=O)c1. The van der Waals surface area contributed by atoms with E-state index in [1.807, 2.05) is 24.3 Å². The maximum Gasteiger partial charge on any atom is 0.251 e. The number of para-hydroxylation sites is 1. The standard InChI is InChI=1S/C19H23NO4S/c1-24-18-12-4-3-8-15(18)9-5-6-13-20-19(21)16-10-7-11-17(14-16)25(2,22)23/h3-4,7-8,10-12,14H,5-6,9,13H2,1-2H3,(H,20,21). The highest BCUT2D eigenvalue weighted by Crippen LogP contribution is 2.19. The Morgan fingerprint density at radius 3 is 2.56 bits per heavy atom. The Kier molecular flexibility index (Phi) is 6.58. The van der Waals surface area contributed by atoms with E-state index in [9.17, 15) is 13.2 Å². The van der Waals surface area contributed by atoms with Gasteiger partial charge < -0.3 is 10.1 Å². The van der Waals surface area contributed by atoms with E-state index in [1.54, 1.807) is 19.2 Å². The number of sulfone groups is 1. The lowest BCUT2D eigenvalue weighted by atomic mass is 10.1. The number of ether oxygens (including phenoxy) is 1. The van der Waals surface area contributed by atoms with E-state index in [0.717, 1.165) is 36.8 Å². The van der Waals surface area contributed by atoms with Crippen LogP contribution in [0.2, 0.25) is 0 Å². The topological polar surface area (TPSA) is 72.5 Å². The molecule has 5 nitrogen and oxygen atoms in total. The number of hydrogen-bond donors (Lipinski definition) is 1. The van der Waals surface area contributed by atoms with Gasteiger partial charge in [-0.2, -0.15) is 0 Å². The molecule has 0 aliphatic rings. The van der Waals surface area contributed by atoms with Crippen LogP contribution in [-0.2, 0) is 16.3 Å². The fraction of sp³-hybridized carbons (Fsp3) is 0.316. The Labute approximate surface area is 148 Å². The van der Waals surface area contributed by atoms with Gasteiger partial charge in [-0.1, -0.05) is 24.3 Å². The van der Waals surface area contributed by atoms with Crippen LogP contribution < -0.4 is 10.1 Å². The molecule has 0 aliphatic heterocycles. The summed E-state index contributed by atoms with van der Waals surface area (Å²) in [6, 6.07) is 14.0. The zero-order valence-electron chi connectivity index (χ0n) is 14.5. The van der Waals surface area contributed by atoms with Crippen molar-refractivity contribution in [2.24, 2.45) is 0 Å². The van der Waals surface area contributed by atoms with Crippen LogP contribution in [-0.4, -0.2) is 34.2 Å². The first kappa shape index (κ1) is 19.0. The lowest BCUT2D eigenvalue weighted by Gasteiger charge is -2.09. The zero-order valence-corrected chi connectivity index (χ0v) is 15.3. The summed E-state index contributed by atoms with van der Waals surface area (Å²) in [5.74, 6) is 0.618. The van der Waals surface area contributed by atoms with Gasteiger partial charge in [-0.05, 0) is 49.1 Å². The fourth-order valence-corrected chi connectivity index (χ4v) is 3.19. The van der Waals surface area contributed by atoms with Gasteiger partial charge in [0.15, 0.2) is 9.84 Å². The number of amides is 1. The molecule has 25 heavy (non-hydrogen) atoms. The first-order chi connectivity index (χ1) is 11.9. The highest BCUT2D eigenvalue weighted by atomic mass is 32.2. The third-order valence-corrected chi connectivity index (χ3v) is 4.99. The number of nitrogens with one attached hydrogen (secondary N) is 1. The number of methoxy groups -OCH3 is 1. The predicted octanol–water partition coefficient (Wildman–Crippen LogP) is 2.85. The maximum atomic E-state index is 12.1.